The minimum absolute atomic E-state index is 0.182. The van der Waals surface area contributed by atoms with Gasteiger partial charge in [0.25, 0.3) is 0 Å². The van der Waals surface area contributed by atoms with Crippen LogP contribution in [0.15, 0.2) is 176 Å². The first-order valence-corrected chi connectivity index (χ1v) is 20.2. The molecule has 4 aliphatic rings. The van der Waals surface area contributed by atoms with Crippen molar-refractivity contribution >= 4 is 17.1 Å². The van der Waals surface area contributed by atoms with E-state index in [1.807, 2.05) is 0 Å². The van der Waals surface area contributed by atoms with Gasteiger partial charge in [-0.3, -0.25) is 0 Å². The molecule has 0 radical (unpaired) electrons. The molecule has 5 unspecified atom stereocenters. The molecule has 0 amide bonds. The highest BCUT2D eigenvalue weighted by Crippen LogP contribution is 2.67. The van der Waals surface area contributed by atoms with Crippen molar-refractivity contribution in [2.45, 2.75) is 43.9 Å². The third-order valence-corrected chi connectivity index (χ3v) is 13.9. The normalized spacial score (nSPS) is 23.2. The van der Waals surface area contributed by atoms with E-state index in [1.165, 1.54) is 83.0 Å². The van der Waals surface area contributed by atoms with E-state index >= 15 is 0 Å². The molecule has 11 rings (SSSR count). The average molecular weight is 696 g/mol. The van der Waals surface area contributed by atoms with E-state index in [0.717, 1.165) is 40.7 Å². The fraction of sp³-hybridized carbons (Fsp3) is 0.208. The third kappa shape index (κ3) is 5.05. The van der Waals surface area contributed by atoms with E-state index in [9.17, 15) is 0 Å². The molecule has 5 atom stereocenters. The average Bonchev–Trinajstić information content (AvgIpc) is 3.53. The molecule has 1 heteroatoms. The van der Waals surface area contributed by atoms with E-state index < -0.39 is 0 Å². The second-order valence-corrected chi connectivity index (χ2v) is 16.5. The van der Waals surface area contributed by atoms with Crippen LogP contribution in [0.2, 0.25) is 0 Å². The Kier molecular flexibility index (Phi) is 7.51. The van der Waals surface area contributed by atoms with Crippen LogP contribution in [0.5, 0.6) is 0 Å². The quantitative estimate of drug-likeness (QED) is 0.167. The van der Waals surface area contributed by atoms with Crippen LogP contribution >= 0.6 is 0 Å². The van der Waals surface area contributed by atoms with Gasteiger partial charge in [-0.05, 0) is 148 Å². The molecule has 4 aliphatic carbocycles. The van der Waals surface area contributed by atoms with Crippen LogP contribution in [0.4, 0.5) is 17.1 Å². The van der Waals surface area contributed by atoms with Crippen molar-refractivity contribution in [1.29, 1.82) is 0 Å². The maximum absolute atomic E-state index is 2.51. The number of hydrogen-bond donors (Lipinski definition) is 0. The molecule has 3 saturated carbocycles. The Balaban J connectivity index is 0.916. The van der Waals surface area contributed by atoms with Crippen molar-refractivity contribution in [3.63, 3.8) is 0 Å². The van der Waals surface area contributed by atoms with Gasteiger partial charge in [-0.25, -0.2) is 0 Å². The summed E-state index contributed by atoms with van der Waals surface area (Å²) in [5.74, 6) is 3.55. The van der Waals surface area contributed by atoms with Gasteiger partial charge in [0.15, 0.2) is 0 Å². The van der Waals surface area contributed by atoms with Crippen molar-refractivity contribution in [1.82, 2.24) is 0 Å². The van der Waals surface area contributed by atoms with Gasteiger partial charge in [0.2, 0.25) is 0 Å². The van der Waals surface area contributed by atoms with E-state index in [-0.39, 0.29) is 5.41 Å². The number of anilines is 3. The highest BCUT2D eigenvalue weighted by molar-refractivity contribution is 5.93. The Hall–Kier alpha value is -5.66. The summed E-state index contributed by atoms with van der Waals surface area (Å²) < 4.78 is 0. The lowest BCUT2D eigenvalue weighted by Crippen LogP contribution is -2.50. The Morgan fingerprint density at radius 1 is 0.389 bits per heavy atom. The number of hydrogen-bond acceptors (Lipinski definition) is 1. The molecule has 0 aromatic heterocycles. The van der Waals surface area contributed by atoms with Gasteiger partial charge >= 0.3 is 0 Å². The topological polar surface area (TPSA) is 3.24 Å². The molecule has 7 aromatic carbocycles. The summed E-state index contributed by atoms with van der Waals surface area (Å²) in [5, 5.41) is 0. The monoisotopic (exact) mass is 695 g/mol. The van der Waals surface area contributed by atoms with Gasteiger partial charge in [0.05, 0.1) is 0 Å². The van der Waals surface area contributed by atoms with Crippen LogP contribution in [0.1, 0.15) is 49.7 Å². The number of fused-ring (bicyclic) bond motifs is 8. The molecule has 0 N–H and O–H groups in total. The highest BCUT2D eigenvalue weighted by Gasteiger charge is 2.57. The molecule has 1 spiro atoms. The first-order valence-electron chi connectivity index (χ1n) is 20.2. The van der Waals surface area contributed by atoms with E-state index in [0.29, 0.717) is 0 Å². The van der Waals surface area contributed by atoms with Crippen molar-refractivity contribution in [3.8, 4) is 44.5 Å². The molecule has 0 heterocycles. The van der Waals surface area contributed by atoms with Gasteiger partial charge in [0, 0.05) is 22.5 Å². The van der Waals surface area contributed by atoms with Gasteiger partial charge < -0.3 is 4.90 Å². The zero-order valence-electron chi connectivity index (χ0n) is 30.7. The molecule has 3 bridgehead atoms. The Morgan fingerprint density at radius 3 is 1.63 bits per heavy atom. The maximum atomic E-state index is 2.51. The van der Waals surface area contributed by atoms with Crippen molar-refractivity contribution in [2.75, 3.05) is 4.90 Å². The van der Waals surface area contributed by atoms with Crippen molar-refractivity contribution in [2.24, 2.45) is 23.7 Å². The summed E-state index contributed by atoms with van der Waals surface area (Å²) in [6.45, 7) is 0. The predicted molar refractivity (Wildman–Crippen MR) is 225 cm³/mol. The Bertz CT molecular complexity index is 2440. The second kappa shape index (κ2) is 12.7. The summed E-state index contributed by atoms with van der Waals surface area (Å²) in [7, 11) is 0. The Morgan fingerprint density at radius 2 is 0.926 bits per heavy atom. The molecular formula is C53H45N. The minimum atomic E-state index is 0.182. The molecule has 54 heavy (non-hydrogen) atoms. The summed E-state index contributed by atoms with van der Waals surface area (Å²) >= 11 is 0. The summed E-state index contributed by atoms with van der Waals surface area (Å²) in [4.78, 5) is 2.34. The number of para-hydroxylation sites is 1. The molecule has 3 fully saturated rings. The highest BCUT2D eigenvalue weighted by atomic mass is 15.1. The maximum Gasteiger partial charge on any atom is 0.0462 e. The summed E-state index contributed by atoms with van der Waals surface area (Å²) in [6.07, 6.45) is 8.59. The zero-order chi connectivity index (χ0) is 35.6. The first kappa shape index (κ1) is 31.8. The van der Waals surface area contributed by atoms with Crippen LogP contribution in [0.25, 0.3) is 44.5 Å². The lowest BCUT2D eigenvalue weighted by Gasteiger charge is -2.57. The lowest BCUT2D eigenvalue weighted by molar-refractivity contribution is -0.0103. The smallest absolute Gasteiger partial charge is 0.0462 e. The van der Waals surface area contributed by atoms with E-state index in [4.69, 9.17) is 0 Å². The molecule has 7 aromatic rings. The van der Waals surface area contributed by atoms with Crippen molar-refractivity contribution < 1.29 is 0 Å². The molecule has 0 aliphatic heterocycles. The number of benzene rings is 7. The molecule has 1 nitrogen and oxygen atoms in total. The van der Waals surface area contributed by atoms with Crippen LogP contribution < -0.4 is 4.90 Å². The fourth-order valence-corrected chi connectivity index (χ4v) is 11.5. The van der Waals surface area contributed by atoms with E-state index in [1.54, 1.807) is 11.1 Å². The van der Waals surface area contributed by atoms with Crippen molar-refractivity contribution in [3.05, 3.63) is 187 Å². The molecular weight excluding hydrogens is 651 g/mol. The van der Waals surface area contributed by atoms with Crippen LogP contribution in [-0.4, -0.2) is 0 Å². The van der Waals surface area contributed by atoms with Crippen LogP contribution in [-0.2, 0) is 5.41 Å². The van der Waals surface area contributed by atoms with Gasteiger partial charge in [-0.1, -0.05) is 146 Å². The van der Waals surface area contributed by atoms with Gasteiger partial charge in [0.1, 0.15) is 0 Å². The fourth-order valence-electron chi connectivity index (χ4n) is 11.5. The van der Waals surface area contributed by atoms with Gasteiger partial charge in [-0.2, -0.15) is 0 Å². The summed E-state index contributed by atoms with van der Waals surface area (Å²) in [6, 6.07) is 65.3. The molecule has 0 saturated heterocycles. The Labute approximate surface area is 320 Å². The largest absolute Gasteiger partial charge is 0.311 e. The van der Waals surface area contributed by atoms with E-state index in [2.05, 4.69) is 181 Å². The number of rotatable bonds is 6. The first-order chi connectivity index (χ1) is 26.7. The third-order valence-electron chi connectivity index (χ3n) is 13.9. The van der Waals surface area contributed by atoms with Crippen LogP contribution in [0, 0.1) is 23.7 Å². The standard InChI is InChI=1S/C53H45N/c1-3-10-37(11-4-1)39-24-28-46(29-25-39)54(45-12-5-2-6-13-45)47-30-26-40(27-31-47)38-20-22-41(23-21-38)48-15-9-17-51-52(48)49-14-7-8-16-50(49)53(51)35-42-19-18-36-32-43(42)34-44(53)33-36/h1-17,20-31,36,42-44H,18-19,32-35H2. The zero-order valence-corrected chi connectivity index (χ0v) is 30.7. The minimum Gasteiger partial charge on any atom is -0.311 e. The molecule has 262 valence electrons. The second-order valence-electron chi connectivity index (χ2n) is 16.5. The predicted octanol–water partition coefficient (Wildman–Crippen LogP) is 14.3. The van der Waals surface area contributed by atoms with Crippen LogP contribution in [0.3, 0.4) is 0 Å². The van der Waals surface area contributed by atoms with Gasteiger partial charge in [-0.15, -0.1) is 0 Å². The lowest BCUT2D eigenvalue weighted by atomic mass is 9.47. The number of nitrogens with zero attached hydrogens (tertiary/aromatic N) is 1. The summed E-state index contributed by atoms with van der Waals surface area (Å²) in [5.41, 5.74) is 17.5. The SMILES string of the molecule is c1ccc(-c2ccc(N(c3ccccc3)c3ccc(-c4ccc(-c5cccc6c5-c5ccccc5C65CC6CCC7CC6CC5C7)cc4)cc3)cc2)cc1.